The quantitative estimate of drug-likeness (QED) is 0.657. The molecule has 0 aliphatic carbocycles. The van der Waals surface area contributed by atoms with Crippen LogP contribution in [0.2, 0.25) is 0 Å². The number of amides is 1. The second kappa shape index (κ2) is 6.65. The molecule has 2 aliphatic rings. The molecule has 5 nitrogen and oxygen atoms in total. The van der Waals surface area contributed by atoms with Crippen LogP contribution < -0.4 is 9.47 Å². The smallest absolute Gasteiger partial charge is 0.267 e. The molecule has 0 fully saturated rings. The van der Waals surface area contributed by atoms with Crippen LogP contribution in [0.15, 0.2) is 35.7 Å². The Morgan fingerprint density at radius 2 is 2.15 bits per heavy atom. The van der Waals surface area contributed by atoms with Gasteiger partial charge in [0.2, 0.25) is 6.10 Å². The van der Waals surface area contributed by atoms with Crippen molar-refractivity contribution in [3.63, 3.8) is 0 Å². The Morgan fingerprint density at radius 3 is 2.96 bits per heavy atom. The second-order valence-electron chi connectivity index (χ2n) is 6.68. The maximum Gasteiger partial charge on any atom is 0.267 e. The van der Waals surface area contributed by atoms with Gasteiger partial charge in [-0.3, -0.25) is 4.79 Å². The number of carbonyl (C=O) groups is 1. The van der Waals surface area contributed by atoms with Crippen molar-refractivity contribution in [1.82, 2.24) is 9.88 Å². The van der Waals surface area contributed by atoms with Gasteiger partial charge in [-0.2, -0.15) is 0 Å². The first kappa shape index (κ1) is 16.8. The number of thiophene rings is 1. The van der Waals surface area contributed by atoms with Gasteiger partial charge in [-0.05, 0) is 37.1 Å². The van der Waals surface area contributed by atoms with Gasteiger partial charge >= 0.3 is 0 Å². The fraction of sp³-hybridized carbons (Fsp3) is 0.300. The third-order valence-corrected chi connectivity index (χ3v) is 6.87. The first-order chi connectivity index (χ1) is 13.2. The van der Waals surface area contributed by atoms with Crippen molar-refractivity contribution in [3.8, 4) is 22.1 Å². The molecule has 0 bridgehead atoms. The van der Waals surface area contributed by atoms with Gasteiger partial charge in [0.05, 0.1) is 15.6 Å². The van der Waals surface area contributed by atoms with Crippen molar-refractivity contribution < 1.29 is 14.3 Å². The molecule has 1 atom stereocenters. The molecule has 3 aromatic rings. The van der Waals surface area contributed by atoms with Crippen LogP contribution in [-0.4, -0.2) is 35.0 Å². The minimum atomic E-state index is -0.583. The Bertz CT molecular complexity index is 1010. The molecule has 7 heteroatoms. The average molecular weight is 399 g/mol. The molecule has 1 aromatic carbocycles. The summed E-state index contributed by atoms with van der Waals surface area (Å²) in [4.78, 5) is 22.0. The summed E-state index contributed by atoms with van der Waals surface area (Å²) in [6, 6.07) is 9.66. The van der Waals surface area contributed by atoms with E-state index in [0.29, 0.717) is 24.6 Å². The highest BCUT2D eigenvalue weighted by Gasteiger charge is 2.33. The summed E-state index contributed by atoms with van der Waals surface area (Å²) in [5, 5.41) is 3.17. The molecule has 1 unspecified atom stereocenters. The molecule has 2 aromatic heterocycles. The summed E-state index contributed by atoms with van der Waals surface area (Å²) >= 11 is 3.46. The van der Waals surface area contributed by atoms with E-state index in [1.54, 1.807) is 22.7 Å². The fourth-order valence-corrected chi connectivity index (χ4v) is 5.28. The van der Waals surface area contributed by atoms with Crippen molar-refractivity contribution >= 4 is 28.6 Å². The van der Waals surface area contributed by atoms with E-state index in [1.165, 1.54) is 15.3 Å². The van der Waals surface area contributed by atoms with Gasteiger partial charge in [-0.1, -0.05) is 12.1 Å². The minimum absolute atomic E-state index is 0.00703. The largest absolute Gasteiger partial charge is 0.485 e. The molecule has 0 saturated heterocycles. The molecule has 0 spiro atoms. The number of aromatic nitrogens is 1. The second-order valence-corrected chi connectivity index (χ2v) is 8.88. The lowest BCUT2D eigenvalue weighted by Crippen LogP contribution is -2.47. The van der Waals surface area contributed by atoms with Crippen molar-refractivity contribution in [2.24, 2.45) is 0 Å². The highest BCUT2D eigenvalue weighted by atomic mass is 32.1. The van der Waals surface area contributed by atoms with E-state index in [-0.39, 0.29) is 12.5 Å². The van der Waals surface area contributed by atoms with Gasteiger partial charge in [-0.25, -0.2) is 4.98 Å². The van der Waals surface area contributed by atoms with Crippen molar-refractivity contribution in [2.45, 2.75) is 26.0 Å². The number of thiazole rings is 1. The number of hydrogen-bond acceptors (Lipinski definition) is 6. The fourth-order valence-electron chi connectivity index (χ4n) is 3.47. The Balaban J connectivity index is 1.32. The van der Waals surface area contributed by atoms with Crippen molar-refractivity contribution in [2.75, 3.05) is 13.2 Å². The van der Waals surface area contributed by atoms with Crippen LogP contribution in [0.3, 0.4) is 0 Å². The van der Waals surface area contributed by atoms with Crippen molar-refractivity contribution in [1.29, 1.82) is 0 Å². The van der Waals surface area contributed by atoms with Gasteiger partial charge in [0.1, 0.15) is 6.61 Å². The van der Waals surface area contributed by atoms with E-state index < -0.39 is 6.10 Å². The van der Waals surface area contributed by atoms with Crippen LogP contribution >= 0.6 is 22.7 Å². The normalized spacial score (nSPS) is 18.3. The van der Waals surface area contributed by atoms with Crippen LogP contribution in [0.1, 0.15) is 15.4 Å². The van der Waals surface area contributed by atoms with Gasteiger partial charge in [0.15, 0.2) is 11.5 Å². The maximum absolute atomic E-state index is 13.0. The monoisotopic (exact) mass is 398 g/mol. The maximum atomic E-state index is 13.0. The highest BCUT2D eigenvalue weighted by Crippen LogP contribution is 2.36. The molecule has 0 radical (unpaired) electrons. The molecule has 4 heterocycles. The Labute approximate surface area is 165 Å². The summed E-state index contributed by atoms with van der Waals surface area (Å²) in [5.41, 5.74) is 2.26. The minimum Gasteiger partial charge on any atom is -0.485 e. The van der Waals surface area contributed by atoms with E-state index in [1.807, 2.05) is 36.1 Å². The topological polar surface area (TPSA) is 51.7 Å². The molecule has 0 saturated carbocycles. The molecular weight excluding hydrogens is 380 g/mol. The Kier molecular flexibility index (Phi) is 4.13. The number of rotatable bonds is 2. The third-order valence-electron chi connectivity index (χ3n) is 4.83. The predicted molar refractivity (Wildman–Crippen MR) is 106 cm³/mol. The first-order valence-corrected chi connectivity index (χ1v) is 10.6. The lowest BCUT2D eigenvalue weighted by Gasteiger charge is -2.32. The van der Waals surface area contributed by atoms with Gasteiger partial charge in [0, 0.05) is 23.3 Å². The van der Waals surface area contributed by atoms with Crippen LogP contribution in [0.5, 0.6) is 11.5 Å². The van der Waals surface area contributed by atoms with Crippen LogP contribution in [-0.2, 0) is 17.8 Å². The molecule has 2 aliphatic heterocycles. The predicted octanol–water partition coefficient (Wildman–Crippen LogP) is 3.90. The number of fused-ring (bicyclic) bond motifs is 2. The van der Waals surface area contributed by atoms with Gasteiger partial charge in [-0.15, -0.1) is 22.7 Å². The molecule has 0 N–H and O–H groups in total. The number of nitrogens with zero attached hydrogens (tertiary/aromatic N) is 2. The average Bonchev–Trinajstić information content (AvgIpc) is 3.32. The zero-order valence-corrected chi connectivity index (χ0v) is 16.4. The number of carbonyl (C=O) groups excluding carboxylic acids is 1. The van der Waals surface area contributed by atoms with Crippen molar-refractivity contribution in [3.05, 3.63) is 51.2 Å². The SMILES string of the molecule is Cc1nc(-c2cc3c(s2)CCN(C(=O)C2COc4ccccc4O2)C3)cs1. The summed E-state index contributed by atoms with van der Waals surface area (Å²) in [6.07, 6.45) is 0.291. The van der Waals surface area contributed by atoms with E-state index in [4.69, 9.17) is 9.47 Å². The van der Waals surface area contributed by atoms with Crippen LogP contribution in [0.25, 0.3) is 10.6 Å². The third kappa shape index (κ3) is 3.11. The van der Waals surface area contributed by atoms with E-state index in [2.05, 4.69) is 16.4 Å². The number of para-hydroxylation sites is 2. The number of ether oxygens (including phenoxy) is 2. The van der Waals surface area contributed by atoms with Crippen LogP contribution in [0.4, 0.5) is 0 Å². The number of benzene rings is 1. The molecule has 138 valence electrons. The summed E-state index contributed by atoms with van der Waals surface area (Å²) in [5.74, 6) is 1.33. The highest BCUT2D eigenvalue weighted by molar-refractivity contribution is 7.16. The molecule has 5 rings (SSSR count). The zero-order valence-electron chi connectivity index (χ0n) is 14.8. The van der Waals surface area contributed by atoms with Gasteiger partial charge in [0.25, 0.3) is 5.91 Å². The van der Waals surface area contributed by atoms with E-state index >= 15 is 0 Å². The number of hydrogen-bond donors (Lipinski definition) is 0. The summed E-state index contributed by atoms with van der Waals surface area (Å²) in [7, 11) is 0. The van der Waals surface area contributed by atoms with Crippen LogP contribution in [0, 0.1) is 6.92 Å². The summed E-state index contributed by atoms with van der Waals surface area (Å²) < 4.78 is 11.6. The van der Waals surface area contributed by atoms with Gasteiger partial charge < -0.3 is 14.4 Å². The Morgan fingerprint density at radius 1 is 1.30 bits per heavy atom. The standard InChI is InChI=1S/C20H18N2O3S2/c1-12-21-14(11-26-12)19-8-13-9-22(7-6-18(13)27-19)20(23)17-10-24-15-4-2-3-5-16(15)25-17/h2-5,8,11,17H,6-7,9-10H2,1H3. The van der Waals surface area contributed by atoms with E-state index in [0.717, 1.165) is 17.1 Å². The number of aryl methyl sites for hydroxylation is 1. The summed E-state index contributed by atoms with van der Waals surface area (Å²) in [6.45, 7) is 3.61. The zero-order chi connectivity index (χ0) is 18.4. The Hall–Kier alpha value is -2.38. The van der Waals surface area contributed by atoms with E-state index in [9.17, 15) is 4.79 Å². The molecule has 27 heavy (non-hydrogen) atoms. The first-order valence-electron chi connectivity index (χ1n) is 8.89. The lowest BCUT2D eigenvalue weighted by atomic mass is 10.1. The lowest BCUT2D eigenvalue weighted by molar-refractivity contribution is -0.142. The molecular formula is C20H18N2O3S2. The molecule has 1 amide bonds.